The van der Waals surface area contributed by atoms with Gasteiger partial charge in [0.05, 0.1) is 6.10 Å². The second kappa shape index (κ2) is 5.56. The highest BCUT2D eigenvalue weighted by atomic mass is 16.7. The van der Waals surface area contributed by atoms with Crippen molar-refractivity contribution in [3.63, 3.8) is 0 Å². The molecular formula is C9H18O2. The van der Waals surface area contributed by atoms with Gasteiger partial charge in [0.15, 0.2) is 0 Å². The maximum atomic E-state index is 5.48. The number of hydrogen-bond acceptors (Lipinski definition) is 2. The smallest absolute Gasteiger partial charge is 0.147 e. The third kappa shape index (κ3) is 3.73. The zero-order valence-electron chi connectivity index (χ0n) is 7.34. The molecule has 0 aromatic heterocycles. The average Bonchev–Trinajstić information content (AvgIpc) is 2.50. The summed E-state index contributed by atoms with van der Waals surface area (Å²) in [5.74, 6) is 0. The molecule has 2 nitrogen and oxygen atoms in total. The van der Waals surface area contributed by atoms with Gasteiger partial charge in [-0.05, 0) is 19.3 Å². The van der Waals surface area contributed by atoms with E-state index in [9.17, 15) is 0 Å². The first-order valence-electron chi connectivity index (χ1n) is 4.63. The van der Waals surface area contributed by atoms with Crippen molar-refractivity contribution in [2.45, 2.75) is 45.1 Å². The van der Waals surface area contributed by atoms with Gasteiger partial charge in [0, 0.05) is 6.61 Å². The highest BCUT2D eigenvalue weighted by Crippen LogP contribution is 2.20. The van der Waals surface area contributed by atoms with Crippen LogP contribution in [0.4, 0.5) is 0 Å². The summed E-state index contributed by atoms with van der Waals surface area (Å²) < 4.78 is 10.7. The lowest BCUT2D eigenvalue weighted by molar-refractivity contribution is -0.0866. The van der Waals surface area contributed by atoms with Crippen molar-refractivity contribution >= 4 is 0 Å². The molecule has 66 valence electrons. The van der Waals surface area contributed by atoms with Crippen LogP contribution in [0.25, 0.3) is 0 Å². The van der Waals surface area contributed by atoms with Gasteiger partial charge in [-0.25, -0.2) is 0 Å². The average molecular weight is 158 g/mol. The van der Waals surface area contributed by atoms with Crippen LogP contribution in [0.5, 0.6) is 0 Å². The summed E-state index contributed by atoms with van der Waals surface area (Å²) in [5, 5.41) is 0. The first-order valence-corrected chi connectivity index (χ1v) is 4.63. The third-order valence-corrected chi connectivity index (χ3v) is 2.04. The Kier molecular flexibility index (Phi) is 4.55. The Morgan fingerprint density at radius 3 is 2.64 bits per heavy atom. The SMILES string of the molecule is CCCOCOC1CCCC1. The Hall–Kier alpha value is -0.0800. The predicted octanol–water partition coefficient (Wildman–Crippen LogP) is 2.33. The molecule has 2 heteroatoms. The van der Waals surface area contributed by atoms with Gasteiger partial charge in [0.2, 0.25) is 0 Å². The largest absolute Gasteiger partial charge is 0.355 e. The van der Waals surface area contributed by atoms with Gasteiger partial charge in [-0.2, -0.15) is 0 Å². The number of rotatable bonds is 5. The maximum Gasteiger partial charge on any atom is 0.147 e. The van der Waals surface area contributed by atoms with Crippen molar-refractivity contribution < 1.29 is 9.47 Å². The Balaban J connectivity index is 1.86. The van der Waals surface area contributed by atoms with Gasteiger partial charge >= 0.3 is 0 Å². The van der Waals surface area contributed by atoms with Crippen LogP contribution in [-0.2, 0) is 9.47 Å². The zero-order chi connectivity index (χ0) is 7.94. The van der Waals surface area contributed by atoms with Gasteiger partial charge < -0.3 is 9.47 Å². The van der Waals surface area contributed by atoms with E-state index in [1.807, 2.05) is 0 Å². The summed E-state index contributed by atoms with van der Waals surface area (Å²) in [6.07, 6.45) is 6.70. The minimum absolute atomic E-state index is 0.492. The van der Waals surface area contributed by atoms with Crippen LogP contribution in [0, 0.1) is 0 Å². The van der Waals surface area contributed by atoms with Crippen molar-refractivity contribution in [2.24, 2.45) is 0 Å². The van der Waals surface area contributed by atoms with E-state index in [0.717, 1.165) is 13.0 Å². The molecule has 0 N–H and O–H groups in total. The molecule has 0 radical (unpaired) electrons. The van der Waals surface area contributed by atoms with Crippen molar-refractivity contribution in [2.75, 3.05) is 13.4 Å². The quantitative estimate of drug-likeness (QED) is 0.451. The summed E-state index contributed by atoms with van der Waals surface area (Å²) >= 11 is 0. The molecule has 1 rings (SSSR count). The van der Waals surface area contributed by atoms with Crippen LogP contribution < -0.4 is 0 Å². The van der Waals surface area contributed by atoms with Crippen LogP contribution in [0.3, 0.4) is 0 Å². The fourth-order valence-electron chi connectivity index (χ4n) is 1.40. The summed E-state index contributed by atoms with van der Waals surface area (Å²) in [7, 11) is 0. The van der Waals surface area contributed by atoms with Crippen LogP contribution in [0.15, 0.2) is 0 Å². The Labute approximate surface area is 68.9 Å². The summed E-state index contributed by atoms with van der Waals surface area (Å²) in [4.78, 5) is 0. The number of ether oxygens (including phenoxy) is 2. The van der Waals surface area contributed by atoms with E-state index in [-0.39, 0.29) is 0 Å². The fraction of sp³-hybridized carbons (Fsp3) is 1.00. The maximum absolute atomic E-state index is 5.48. The van der Waals surface area contributed by atoms with Gasteiger partial charge in [-0.1, -0.05) is 19.8 Å². The van der Waals surface area contributed by atoms with E-state index in [0.29, 0.717) is 12.9 Å². The molecule has 11 heavy (non-hydrogen) atoms. The number of hydrogen-bond donors (Lipinski definition) is 0. The second-order valence-corrected chi connectivity index (χ2v) is 3.10. The zero-order valence-corrected chi connectivity index (χ0v) is 7.34. The fourth-order valence-corrected chi connectivity index (χ4v) is 1.40. The minimum Gasteiger partial charge on any atom is -0.355 e. The Morgan fingerprint density at radius 1 is 1.27 bits per heavy atom. The van der Waals surface area contributed by atoms with E-state index in [1.54, 1.807) is 0 Å². The molecule has 1 fully saturated rings. The van der Waals surface area contributed by atoms with E-state index < -0.39 is 0 Å². The van der Waals surface area contributed by atoms with Crippen molar-refractivity contribution in [3.8, 4) is 0 Å². The van der Waals surface area contributed by atoms with Gasteiger partial charge in [0.1, 0.15) is 6.79 Å². The topological polar surface area (TPSA) is 18.5 Å². The molecule has 0 aliphatic heterocycles. The first kappa shape index (κ1) is 9.01. The molecule has 0 bridgehead atoms. The highest BCUT2D eigenvalue weighted by Gasteiger charge is 2.14. The predicted molar refractivity (Wildman–Crippen MR) is 44.5 cm³/mol. The molecular weight excluding hydrogens is 140 g/mol. The first-order chi connectivity index (χ1) is 5.43. The highest BCUT2D eigenvalue weighted by molar-refractivity contribution is 4.65. The summed E-state index contributed by atoms with van der Waals surface area (Å²) in [6, 6.07) is 0. The Bertz CT molecular complexity index is 87.6. The van der Waals surface area contributed by atoms with Crippen molar-refractivity contribution in [3.05, 3.63) is 0 Å². The van der Waals surface area contributed by atoms with Gasteiger partial charge in [0.25, 0.3) is 0 Å². The molecule has 0 heterocycles. The van der Waals surface area contributed by atoms with Crippen LogP contribution in [0.2, 0.25) is 0 Å². The molecule has 0 unspecified atom stereocenters. The van der Waals surface area contributed by atoms with Crippen molar-refractivity contribution in [1.29, 1.82) is 0 Å². The van der Waals surface area contributed by atoms with Crippen molar-refractivity contribution in [1.82, 2.24) is 0 Å². The van der Waals surface area contributed by atoms with Gasteiger partial charge in [-0.15, -0.1) is 0 Å². The molecule has 1 aliphatic rings. The van der Waals surface area contributed by atoms with Crippen LogP contribution in [0.1, 0.15) is 39.0 Å². The molecule has 0 saturated heterocycles. The molecule has 0 amide bonds. The van der Waals surface area contributed by atoms with E-state index >= 15 is 0 Å². The van der Waals surface area contributed by atoms with E-state index in [4.69, 9.17) is 9.47 Å². The van der Waals surface area contributed by atoms with E-state index in [1.165, 1.54) is 25.7 Å². The lowest BCUT2D eigenvalue weighted by Gasteiger charge is -2.10. The molecule has 1 aliphatic carbocycles. The molecule has 0 spiro atoms. The standard InChI is InChI=1S/C9H18O2/c1-2-7-10-8-11-9-5-3-4-6-9/h9H,2-8H2,1H3. The summed E-state index contributed by atoms with van der Waals surface area (Å²) in [5.41, 5.74) is 0. The monoisotopic (exact) mass is 158 g/mol. The lowest BCUT2D eigenvalue weighted by Crippen LogP contribution is -2.10. The normalized spacial score (nSPS) is 19.4. The second-order valence-electron chi connectivity index (χ2n) is 3.10. The third-order valence-electron chi connectivity index (χ3n) is 2.04. The van der Waals surface area contributed by atoms with Crippen LogP contribution in [-0.4, -0.2) is 19.5 Å². The lowest BCUT2D eigenvalue weighted by atomic mass is 10.3. The molecule has 0 atom stereocenters. The van der Waals surface area contributed by atoms with Crippen LogP contribution >= 0.6 is 0 Å². The van der Waals surface area contributed by atoms with E-state index in [2.05, 4.69) is 6.92 Å². The minimum atomic E-state index is 0.492. The molecule has 0 aromatic rings. The molecule has 0 aromatic carbocycles. The molecule has 1 saturated carbocycles. The summed E-state index contributed by atoms with van der Waals surface area (Å²) in [6.45, 7) is 3.43. The Morgan fingerprint density at radius 2 is 2.00 bits per heavy atom. The van der Waals surface area contributed by atoms with Gasteiger partial charge in [-0.3, -0.25) is 0 Å².